The molecule has 2 aromatic rings. The van der Waals surface area contributed by atoms with E-state index in [0.717, 1.165) is 6.42 Å². The van der Waals surface area contributed by atoms with Crippen LogP contribution in [0, 0.1) is 0 Å². The molecule has 3 rings (SSSR count). The molecule has 0 unspecified atom stereocenters. The van der Waals surface area contributed by atoms with Gasteiger partial charge < -0.3 is 9.47 Å². The van der Waals surface area contributed by atoms with Crippen LogP contribution in [0.4, 0.5) is 5.69 Å². The number of halogens is 1. The van der Waals surface area contributed by atoms with Gasteiger partial charge in [-0.05, 0) is 30.7 Å². The Balaban J connectivity index is 1.64. The van der Waals surface area contributed by atoms with Crippen LogP contribution in [0.25, 0.3) is 0 Å². The number of pyridine rings is 1. The summed E-state index contributed by atoms with van der Waals surface area (Å²) >= 11 is 6.15. The second kappa shape index (κ2) is 8.05. The van der Waals surface area contributed by atoms with Crippen LogP contribution in [0.1, 0.15) is 23.2 Å². The lowest BCUT2D eigenvalue weighted by Gasteiger charge is -2.18. The van der Waals surface area contributed by atoms with Crippen LogP contribution in [0.3, 0.4) is 0 Å². The molecule has 1 aliphatic rings. The van der Waals surface area contributed by atoms with Crippen molar-refractivity contribution in [3.8, 4) is 0 Å². The van der Waals surface area contributed by atoms with Gasteiger partial charge in [0.15, 0.2) is 0 Å². The molecule has 1 aromatic carbocycles. The van der Waals surface area contributed by atoms with Crippen LogP contribution in [-0.4, -0.2) is 28.8 Å². The van der Waals surface area contributed by atoms with Crippen molar-refractivity contribution in [1.82, 2.24) is 15.4 Å². The van der Waals surface area contributed by atoms with Crippen molar-refractivity contribution in [2.75, 3.05) is 11.4 Å². The molecule has 2 heterocycles. The van der Waals surface area contributed by atoms with Gasteiger partial charge in [0.05, 0.1) is 10.7 Å². The molecule has 0 aliphatic carbocycles. The van der Waals surface area contributed by atoms with Gasteiger partial charge in [-0.25, -0.2) is 0 Å². The average molecular weight is 389 g/mol. The summed E-state index contributed by atoms with van der Waals surface area (Å²) in [5.41, 5.74) is 4.93. The van der Waals surface area contributed by atoms with E-state index in [9.17, 15) is 19.2 Å². The molecule has 140 valence electrons. The van der Waals surface area contributed by atoms with Gasteiger partial charge in [-0.2, -0.15) is 0 Å². The lowest BCUT2D eigenvalue weighted by Crippen LogP contribution is -2.44. The van der Waals surface area contributed by atoms with Crippen LogP contribution in [0.2, 0.25) is 5.02 Å². The largest absolute Gasteiger partial charge is 0.311 e. The summed E-state index contributed by atoms with van der Waals surface area (Å²) in [4.78, 5) is 49.2. The first-order chi connectivity index (χ1) is 13.0. The zero-order valence-electron chi connectivity index (χ0n) is 14.3. The Hall–Kier alpha value is -3.13. The van der Waals surface area contributed by atoms with Crippen molar-refractivity contribution >= 4 is 35.0 Å². The predicted octanol–water partition coefficient (Wildman–Crippen LogP) is 1.09. The smallest absolute Gasteiger partial charge is 0.269 e. The van der Waals surface area contributed by atoms with Crippen LogP contribution < -0.4 is 21.3 Å². The maximum atomic E-state index is 12.3. The second-order valence-corrected chi connectivity index (χ2v) is 6.39. The normalized spacial score (nSPS) is 13.5. The number of hydrazine groups is 1. The molecule has 0 saturated carbocycles. The highest BCUT2D eigenvalue weighted by molar-refractivity contribution is 6.34. The molecular weight excluding hydrogens is 372 g/mol. The first-order valence-electron chi connectivity index (χ1n) is 8.30. The number of amides is 3. The van der Waals surface area contributed by atoms with Crippen LogP contribution >= 0.6 is 11.6 Å². The summed E-state index contributed by atoms with van der Waals surface area (Å²) in [7, 11) is 0. The lowest BCUT2D eigenvalue weighted by atomic mass is 10.2. The van der Waals surface area contributed by atoms with Gasteiger partial charge in [0.1, 0.15) is 6.54 Å². The fraction of sp³-hybridized carbons (Fsp3) is 0.222. The Kier molecular flexibility index (Phi) is 5.56. The molecule has 8 nitrogen and oxygen atoms in total. The molecule has 9 heteroatoms. The van der Waals surface area contributed by atoms with Crippen LogP contribution in [0.15, 0.2) is 47.4 Å². The summed E-state index contributed by atoms with van der Waals surface area (Å²) in [6.45, 7) is 0.320. The molecule has 0 spiro atoms. The maximum Gasteiger partial charge on any atom is 0.269 e. The summed E-state index contributed by atoms with van der Waals surface area (Å²) < 4.78 is 1.21. The summed E-state index contributed by atoms with van der Waals surface area (Å²) in [5.74, 6) is -1.16. The van der Waals surface area contributed by atoms with Crippen LogP contribution in [-0.2, 0) is 16.1 Å². The van der Waals surface area contributed by atoms with E-state index in [2.05, 4.69) is 10.9 Å². The van der Waals surface area contributed by atoms with Crippen molar-refractivity contribution in [2.24, 2.45) is 0 Å². The minimum atomic E-state index is -0.562. The molecule has 1 saturated heterocycles. The third-order valence-electron chi connectivity index (χ3n) is 4.10. The zero-order valence-corrected chi connectivity index (χ0v) is 15.0. The molecule has 0 radical (unpaired) electrons. The Bertz CT molecular complexity index is 956. The monoisotopic (exact) mass is 388 g/mol. The molecule has 0 atom stereocenters. The number of carbonyl (C=O) groups excluding carboxylic acids is 3. The number of benzene rings is 1. The van der Waals surface area contributed by atoms with E-state index in [4.69, 9.17) is 11.6 Å². The van der Waals surface area contributed by atoms with Gasteiger partial charge in [0.2, 0.25) is 5.91 Å². The summed E-state index contributed by atoms with van der Waals surface area (Å²) in [6.07, 6.45) is 2.66. The number of aromatic nitrogens is 1. The van der Waals surface area contributed by atoms with E-state index in [-0.39, 0.29) is 23.6 Å². The number of carbonyl (C=O) groups is 3. The summed E-state index contributed by atoms with van der Waals surface area (Å²) in [6, 6.07) is 9.07. The number of anilines is 1. The van der Waals surface area contributed by atoms with Gasteiger partial charge in [-0.15, -0.1) is 0 Å². The van der Waals surface area contributed by atoms with Crippen molar-refractivity contribution < 1.29 is 14.4 Å². The highest BCUT2D eigenvalue weighted by Crippen LogP contribution is 2.30. The fourth-order valence-electron chi connectivity index (χ4n) is 2.75. The average Bonchev–Trinajstić information content (AvgIpc) is 3.08. The van der Waals surface area contributed by atoms with Crippen molar-refractivity contribution in [2.45, 2.75) is 19.4 Å². The number of nitrogens with zero attached hydrogens (tertiary/aromatic N) is 2. The van der Waals surface area contributed by atoms with Crippen molar-refractivity contribution in [1.29, 1.82) is 0 Å². The molecular formula is C18H17ClN4O4. The van der Waals surface area contributed by atoms with Gasteiger partial charge >= 0.3 is 0 Å². The van der Waals surface area contributed by atoms with Gasteiger partial charge in [-0.1, -0.05) is 17.7 Å². The standard InChI is InChI=1S/C18H17ClN4O4/c19-13-7-6-12(10-14(13)23-9-3-5-17(23)26)18(27)21-20-15(24)11-22-8-2-1-4-16(22)25/h1-2,4,6-8,10H,3,5,9,11H2,(H,20,24)(H,21,27). The van der Waals surface area contributed by atoms with E-state index in [1.807, 2.05) is 0 Å². The van der Waals surface area contributed by atoms with E-state index < -0.39 is 11.8 Å². The number of hydrogen-bond donors (Lipinski definition) is 2. The molecule has 0 bridgehead atoms. The topological polar surface area (TPSA) is 101 Å². The second-order valence-electron chi connectivity index (χ2n) is 5.98. The first kappa shape index (κ1) is 18.7. The minimum absolute atomic E-state index is 0.0453. The van der Waals surface area contributed by atoms with Gasteiger partial charge in [-0.3, -0.25) is 30.0 Å². The first-order valence-corrected chi connectivity index (χ1v) is 8.68. The SMILES string of the molecule is O=C(Cn1ccccc1=O)NNC(=O)c1ccc(Cl)c(N2CCCC2=O)c1. The number of hydrogen-bond acceptors (Lipinski definition) is 4. The third kappa shape index (κ3) is 4.35. The number of rotatable bonds is 4. The predicted molar refractivity (Wildman–Crippen MR) is 99.3 cm³/mol. The van der Waals surface area contributed by atoms with Crippen LogP contribution in [0.5, 0.6) is 0 Å². The molecule has 2 N–H and O–H groups in total. The minimum Gasteiger partial charge on any atom is -0.311 e. The fourth-order valence-corrected chi connectivity index (χ4v) is 2.97. The molecule has 27 heavy (non-hydrogen) atoms. The van der Waals surface area contributed by atoms with E-state index in [0.29, 0.717) is 23.7 Å². The van der Waals surface area contributed by atoms with E-state index >= 15 is 0 Å². The van der Waals surface area contributed by atoms with Gasteiger partial charge in [0.25, 0.3) is 17.4 Å². The quantitative estimate of drug-likeness (QED) is 0.765. The Labute approximate surface area is 159 Å². The Morgan fingerprint density at radius 1 is 1.11 bits per heavy atom. The lowest BCUT2D eigenvalue weighted by molar-refractivity contribution is -0.122. The molecule has 3 amide bonds. The Morgan fingerprint density at radius 2 is 1.93 bits per heavy atom. The van der Waals surface area contributed by atoms with E-state index in [1.165, 1.54) is 35.0 Å². The van der Waals surface area contributed by atoms with Gasteiger partial charge in [0, 0.05) is 30.8 Å². The Morgan fingerprint density at radius 3 is 2.63 bits per heavy atom. The third-order valence-corrected chi connectivity index (χ3v) is 4.42. The zero-order chi connectivity index (χ0) is 19.4. The molecule has 1 aromatic heterocycles. The van der Waals surface area contributed by atoms with Crippen molar-refractivity contribution in [3.05, 3.63) is 63.5 Å². The van der Waals surface area contributed by atoms with E-state index in [1.54, 1.807) is 17.0 Å². The maximum absolute atomic E-state index is 12.3. The highest BCUT2D eigenvalue weighted by Gasteiger charge is 2.24. The molecule has 1 fully saturated rings. The number of nitrogens with one attached hydrogen (secondary N) is 2. The summed E-state index contributed by atoms with van der Waals surface area (Å²) in [5, 5.41) is 0.370. The highest BCUT2D eigenvalue weighted by atomic mass is 35.5. The van der Waals surface area contributed by atoms with Crippen molar-refractivity contribution in [3.63, 3.8) is 0 Å². The molecule has 1 aliphatic heterocycles.